The number of piperidine rings is 1. The summed E-state index contributed by atoms with van der Waals surface area (Å²) in [5.41, 5.74) is 0. The van der Waals surface area contributed by atoms with Gasteiger partial charge >= 0.3 is 10.2 Å². The predicted octanol–water partition coefficient (Wildman–Crippen LogP) is 0.360. The minimum absolute atomic E-state index is 0.409. The molecule has 1 fully saturated rings. The molecule has 14 heavy (non-hydrogen) atoms. The van der Waals surface area contributed by atoms with Crippen LogP contribution < -0.4 is 4.89 Å². The first-order chi connectivity index (χ1) is 6.45. The smallest absolute Gasteiger partial charge is 0.289 e. The van der Waals surface area contributed by atoms with Gasteiger partial charge in [0.05, 0.1) is 7.11 Å². The van der Waals surface area contributed by atoms with Crippen molar-refractivity contribution < 1.29 is 13.3 Å². The molecule has 0 bridgehead atoms. The van der Waals surface area contributed by atoms with Crippen LogP contribution in [0.4, 0.5) is 0 Å². The second-order valence-corrected chi connectivity index (χ2v) is 5.69. The van der Waals surface area contributed by atoms with Gasteiger partial charge in [-0.3, -0.25) is 4.84 Å². The first kappa shape index (κ1) is 11.9. The molecule has 0 amide bonds. The van der Waals surface area contributed by atoms with Crippen molar-refractivity contribution >= 4 is 10.2 Å². The van der Waals surface area contributed by atoms with Crippen LogP contribution in [-0.2, 0) is 15.0 Å². The van der Waals surface area contributed by atoms with Crippen molar-refractivity contribution in [1.82, 2.24) is 9.19 Å². The quantitative estimate of drug-likeness (QED) is 0.701. The maximum Gasteiger partial charge on any atom is 0.301 e. The van der Waals surface area contributed by atoms with Crippen LogP contribution in [0.2, 0.25) is 0 Å². The van der Waals surface area contributed by atoms with E-state index >= 15 is 0 Å². The summed E-state index contributed by atoms with van der Waals surface area (Å²) in [5.74, 6) is 0.819. The molecule has 1 N–H and O–H groups in total. The van der Waals surface area contributed by atoms with E-state index in [0.717, 1.165) is 6.42 Å². The third-order valence-corrected chi connectivity index (χ3v) is 3.72. The molecule has 0 aromatic heterocycles. The maximum atomic E-state index is 11.6. The summed E-state index contributed by atoms with van der Waals surface area (Å²) in [7, 11) is -2.14. The summed E-state index contributed by atoms with van der Waals surface area (Å²) in [5, 5.41) is 0. The molecule has 0 saturated carbocycles. The fourth-order valence-corrected chi connectivity index (χ4v) is 3.18. The van der Waals surface area contributed by atoms with Gasteiger partial charge in [-0.1, -0.05) is 18.7 Å². The molecule has 0 radical (unpaired) electrons. The van der Waals surface area contributed by atoms with Crippen molar-refractivity contribution in [1.29, 1.82) is 0 Å². The molecular formula is C8H18N2O3S. The molecule has 2 unspecified atom stereocenters. The Morgan fingerprint density at radius 2 is 1.79 bits per heavy atom. The monoisotopic (exact) mass is 222 g/mol. The number of hydrogen-bond acceptors (Lipinski definition) is 3. The van der Waals surface area contributed by atoms with Crippen molar-refractivity contribution in [3.05, 3.63) is 0 Å². The van der Waals surface area contributed by atoms with E-state index in [-0.39, 0.29) is 0 Å². The molecule has 1 saturated heterocycles. The average Bonchev–Trinajstić information content (AvgIpc) is 2.02. The third kappa shape index (κ3) is 2.91. The Kier molecular flexibility index (Phi) is 3.88. The summed E-state index contributed by atoms with van der Waals surface area (Å²) in [6, 6.07) is 0. The lowest BCUT2D eigenvalue weighted by atomic mass is 9.94. The van der Waals surface area contributed by atoms with E-state index in [1.165, 1.54) is 11.4 Å². The zero-order chi connectivity index (χ0) is 10.8. The average molecular weight is 222 g/mol. The predicted molar refractivity (Wildman–Crippen MR) is 53.6 cm³/mol. The third-order valence-electron chi connectivity index (χ3n) is 2.36. The van der Waals surface area contributed by atoms with Gasteiger partial charge in [0.15, 0.2) is 0 Å². The van der Waals surface area contributed by atoms with Gasteiger partial charge in [0.2, 0.25) is 0 Å². The van der Waals surface area contributed by atoms with Crippen LogP contribution in [0.15, 0.2) is 0 Å². The van der Waals surface area contributed by atoms with Crippen LogP contribution in [0.5, 0.6) is 0 Å². The SMILES string of the molecule is CONS(=O)(=O)N1CC(C)CC(C)C1. The van der Waals surface area contributed by atoms with E-state index in [1.807, 2.05) is 4.89 Å². The molecule has 2 atom stereocenters. The molecule has 1 aliphatic rings. The molecule has 5 nitrogen and oxygen atoms in total. The highest BCUT2D eigenvalue weighted by Gasteiger charge is 2.30. The summed E-state index contributed by atoms with van der Waals surface area (Å²) < 4.78 is 24.6. The molecule has 1 heterocycles. The minimum atomic E-state index is -3.44. The first-order valence-corrected chi connectivity index (χ1v) is 6.19. The Bertz CT molecular complexity index is 268. The lowest BCUT2D eigenvalue weighted by Gasteiger charge is -2.33. The molecule has 0 aromatic carbocycles. The fourth-order valence-electron chi connectivity index (χ4n) is 1.96. The maximum absolute atomic E-state index is 11.6. The van der Waals surface area contributed by atoms with Gasteiger partial charge < -0.3 is 0 Å². The van der Waals surface area contributed by atoms with Crippen molar-refractivity contribution in [2.75, 3.05) is 20.2 Å². The lowest BCUT2D eigenvalue weighted by Crippen LogP contribution is -2.47. The van der Waals surface area contributed by atoms with E-state index < -0.39 is 10.2 Å². The van der Waals surface area contributed by atoms with Crippen molar-refractivity contribution in [2.45, 2.75) is 20.3 Å². The highest BCUT2D eigenvalue weighted by molar-refractivity contribution is 7.87. The van der Waals surface area contributed by atoms with Crippen molar-refractivity contribution in [3.8, 4) is 0 Å². The summed E-state index contributed by atoms with van der Waals surface area (Å²) in [6.45, 7) is 5.27. The molecule has 0 aliphatic carbocycles. The summed E-state index contributed by atoms with van der Waals surface area (Å²) >= 11 is 0. The van der Waals surface area contributed by atoms with Crippen molar-refractivity contribution in [3.63, 3.8) is 0 Å². The summed E-state index contributed by atoms with van der Waals surface area (Å²) in [6.07, 6.45) is 1.08. The molecular weight excluding hydrogens is 204 g/mol. The topological polar surface area (TPSA) is 58.6 Å². The standard InChI is InChI=1S/C8H18N2O3S/c1-7-4-8(2)6-10(5-7)14(11,12)9-13-3/h7-9H,4-6H2,1-3H3. The van der Waals surface area contributed by atoms with Gasteiger partial charge in [0.1, 0.15) is 0 Å². The van der Waals surface area contributed by atoms with E-state index in [0.29, 0.717) is 24.9 Å². The van der Waals surface area contributed by atoms with Gasteiger partial charge in [0.25, 0.3) is 0 Å². The Morgan fingerprint density at radius 1 is 1.29 bits per heavy atom. The van der Waals surface area contributed by atoms with Gasteiger partial charge in [-0.15, -0.1) is 0 Å². The van der Waals surface area contributed by atoms with Crippen LogP contribution in [0.25, 0.3) is 0 Å². The van der Waals surface area contributed by atoms with Crippen LogP contribution in [0.1, 0.15) is 20.3 Å². The van der Waals surface area contributed by atoms with Crippen molar-refractivity contribution in [2.24, 2.45) is 11.8 Å². The van der Waals surface area contributed by atoms with Gasteiger partial charge in [0, 0.05) is 13.1 Å². The van der Waals surface area contributed by atoms with E-state index in [4.69, 9.17) is 0 Å². The van der Waals surface area contributed by atoms with Gasteiger partial charge in [-0.05, 0) is 18.3 Å². The molecule has 84 valence electrons. The largest absolute Gasteiger partial charge is 0.301 e. The number of rotatable bonds is 3. The fraction of sp³-hybridized carbons (Fsp3) is 1.00. The summed E-state index contributed by atoms with van der Waals surface area (Å²) in [4.78, 5) is 6.48. The number of hydrogen-bond donors (Lipinski definition) is 1. The van der Waals surface area contributed by atoms with Gasteiger partial charge in [-0.2, -0.15) is 12.7 Å². The van der Waals surface area contributed by atoms with Crippen LogP contribution in [0.3, 0.4) is 0 Å². The van der Waals surface area contributed by atoms with E-state index in [2.05, 4.69) is 18.7 Å². The first-order valence-electron chi connectivity index (χ1n) is 4.75. The molecule has 0 aromatic rings. The zero-order valence-electron chi connectivity index (χ0n) is 8.86. The normalized spacial score (nSPS) is 30.5. The highest BCUT2D eigenvalue weighted by atomic mass is 32.2. The van der Waals surface area contributed by atoms with Gasteiger partial charge in [-0.25, -0.2) is 0 Å². The molecule has 6 heteroatoms. The van der Waals surface area contributed by atoms with Crippen LogP contribution in [0, 0.1) is 11.8 Å². The Balaban J connectivity index is 2.68. The Morgan fingerprint density at radius 3 is 2.21 bits per heavy atom. The second kappa shape index (κ2) is 4.57. The Hall–Kier alpha value is -0.170. The van der Waals surface area contributed by atoms with E-state index in [9.17, 15) is 8.42 Å². The second-order valence-electron chi connectivity index (χ2n) is 4.06. The highest BCUT2D eigenvalue weighted by Crippen LogP contribution is 2.22. The molecule has 1 aliphatic heterocycles. The number of nitrogens with zero attached hydrogens (tertiary/aromatic N) is 1. The minimum Gasteiger partial charge on any atom is -0.289 e. The van der Waals surface area contributed by atoms with E-state index in [1.54, 1.807) is 0 Å². The zero-order valence-corrected chi connectivity index (χ0v) is 9.67. The number of nitrogens with one attached hydrogen (secondary N) is 1. The van der Waals surface area contributed by atoms with Crippen LogP contribution >= 0.6 is 0 Å². The molecule has 1 rings (SSSR count). The molecule has 0 spiro atoms. The lowest BCUT2D eigenvalue weighted by molar-refractivity contribution is 0.136. The van der Waals surface area contributed by atoms with Crippen LogP contribution in [-0.4, -0.2) is 32.9 Å². The Labute approximate surface area is 85.6 Å².